The van der Waals surface area contributed by atoms with E-state index in [4.69, 9.17) is 4.74 Å². The average Bonchev–Trinajstić information content (AvgIpc) is 3.05. The fourth-order valence-electron chi connectivity index (χ4n) is 4.15. The van der Waals surface area contributed by atoms with Gasteiger partial charge in [0, 0.05) is 35.8 Å². The molecule has 2 aliphatic heterocycles. The van der Waals surface area contributed by atoms with E-state index in [-0.39, 0.29) is 5.91 Å². The van der Waals surface area contributed by atoms with E-state index in [0.717, 1.165) is 49.8 Å². The molecule has 0 aromatic heterocycles. The predicted octanol–water partition coefficient (Wildman–Crippen LogP) is 4.16. The molecule has 2 aromatic rings. The van der Waals surface area contributed by atoms with Crippen LogP contribution in [0.3, 0.4) is 0 Å². The first-order valence-electron chi connectivity index (χ1n) is 10.1. The normalized spacial score (nSPS) is 17.8. The van der Waals surface area contributed by atoms with Crippen LogP contribution in [0.1, 0.15) is 28.8 Å². The second-order valence-corrected chi connectivity index (χ2v) is 8.82. The summed E-state index contributed by atoms with van der Waals surface area (Å²) in [7, 11) is 1.71. The minimum atomic E-state index is 0.215. The Morgan fingerprint density at radius 3 is 2.71 bits per heavy atom. The maximum Gasteiger partial charge on any atom is 0.254 e. The fraction of sp³-hybridized carbons (Fsp3) is 0.435. The van der Waals surface area contributed by atoms with Crippen molar-refractivity contribution in [1.29, 1.82) is 0 Å². The van der Waals surface area contributed by atoms with Gasteiger partial charge in [0.1, 0.15) is 5.75 Å². The summed E-state index contributed by atoms with van der Waals surface area (Å²) in [4.78, 5) is 18.4. The molecule has 4 rings (SSSR count). The van der Waals surface area contributed by atoms with E-state index in [1.807, 2.05) is 47.0 Å². The molecule has 2 heterocycles. The van der Waals surface area contributed by atoms with Crippen LogP contribution in [0.4, 0.5) is 0 Å². The highest BCUT2D eigenvalue weighted by molar-refractivity contribution is 7.99. The SMILES string of the molecule is COc1cccc(SCCN2CCC(CN3Cc4ccccc4C3=O)CC2)c1. The van der Waals surface area contributed by atoms with Gasteiger partial charge in [-0.2, -0.15) is 0 Å². The summed E-state index contributed by atoms with van der Waals surface area (Å²) in [6.07, 6.45) is 2.37. The van der Waals surface area contributed by atoms with E-state index in [1.54, 1.807) is 7.11 Å². The van der Waals surface area contributed by atoms with Gasteiger partial charge in [-0.1, -0.05) is 24.3 Å². The molecule has 4 nitrogen and oxygen atoms in total. The van der Waals surface area contributed by atoms with Crippen LogP contribution in [-0.4, -0.2) is 54.7 Å². The zero-order chi connectivity index (χ0) is 19.3. The number of rotatable bonds is 7. The first-order chi connectivity index (χ1) is 13.7. The van der Waals surface area contributed by atoms with Crippen molar-refractivity contribution in [2.75, 3.05) is 39.0 Å². The van der Waals surface area contributed by atoms with Crippen LogP contribution in [-0.2, 0) is 6.54 Å². The van der Waals surface area contributed by atoms with Gasteiger partial charge in [0.2, 0.25) is 0 Å². The first-order valence-corrected chi connectivity index (χ1v) is 11.1. The lowest BCUT2D eigenvalue weighted by molar-refractivity contribution is 0.0716. The molecule has 1 saturated heterocycles. The van der Waals surface area contributed by atoms with E-state index in [2.05, 4.69) is 23.1 Å². The second-order valence-electron chi connectivity index (χ2n) is 7.66. The Bertz CT molecular complexity index is 818. The Morgan fingerprint density at radius 1 is 1.11 bits per heavy atom. The molecule has 2 aliphatic rings. The highest BCUT2D eigenvalue weighted by atomic mass is 32.2. The van der Waals surface area contributed by atoms with Crippen molar-refractivity contribution in [2.24, 2.45) is 5.92 Å². The van der Waals surface area contributed by atoms with Crippen molar-refractivity contribution in [3.63, 3.8) is 0 Å². The maximum absolute atomic E-state index is 12.6. The number of hydrogen-bond acceptors (Lipinski definition) is 4. The molecule has 0 saturated carbocycles. The molecule has 0 spiro atoms. The molecule has 0 aliphatic carbocycles. The first kappa shape index (κ1) is 19.3. The van der Waals surface area contributed by atoms with Gasteiger partial charge in [0.15, 0.2) is 0 Å². The Labute approximate surface area is 171 Å². The van der Waals surface area contributed by atoms with Crippen molar-refractivity contribution in [1.82, 2.24) is 9.80 Å². The number of likely N-dealkylation sites (tertiary alicyclic amines) is 1. The van der Waals surface area contributed by atoms with Crippen LogP contribution in [0.2, 0.25) is 0 Å². The summed E-state index contributed by atoms with van der Waals surface area (Å²) in [5, 5.41) is 0. The third-order valence-corrected chi connectivity index (χ3v) is 6.77. The lowest BCUT2D eigenvalue weighted by Crippen LogP contribution is -2.39. The molecular formula is C23H28N2O2S. The van der Waals surface area contributed by atoms with Crippen molar-refractivity contribution < 1.29 is 9.53 Å². The summed E-state index contributed by atoms with van der Waals surface area (Å²) in [6, 6.07) is 16.3. The highest BCUT2D eigenvalue weighted by Crippen LogP contribution is 2.27. The van der Waals surface area contributed by atoms with Gasteiger partial charge in [-0.05, 0) is 61.7 Å². The molecule has 5 heteroatoms. The number of benzene rings is 2. The predicted molar refractivity (Wildman–Crippen MR) is 114 cm³/mol. The standard InChI is InChI=1S/C23H28N2O2S/c1-27-20-6-4-7-21(15-20)28-14-13-24-11-9-18(10-12-24)16-25-17-19-5-2-3-8-22(19)23(25)26/h2-8,15,18H,9-14,16-17H2,1H3. The van der Waals surface area contributed by atoms with Crippen LogP contribution >= 0.6 is 11.8 Å². The molecule has 2 aromatic carbocycles. The van der Waals surface area contributed by atoms with E-state index in [0.29, 0.717) is 5.92 Å². The Hall–Kier alpha value is -1.98. The van der Waals surface area contributed by atoms with Crippen molar-refractivity contribution >= 4 is 17.7 Å². The molecule has 1 fully saturated rings. The summed E-state index contributed by atoms with van der Waals surface area (Å²) in [5.41, 5.74) is 2.08. The Balaban J connectivity index is 1.18. The molecule has 1 amide bonds. The van der Waals surface area contributed by atoms with Crippen LogP contribution < -0.4 is 4.74 Å². The van der Waals surface area contributed by atoms with E-state index >= 15 is 0 Å². The second kappa shape index (κ2) is 9.01. The number of methoxy groups -OCH3 is 1. The van der Waals surface area contributed by atoms with E-state index in [9.17, 15) is 4.79 Å². The topological polar surface area (TPSA) is 32.8 Å². The number of carbonyl (C=O) groups is 1. The summed E-state index contributed by atoms with van der Waals surface area (Å²) < 4.78 is 5.29. The van der Waals surface area contributed by atoms with Gasteiger partial charge in [-0.15, -0.1) is 11.8 Å². The molecule has 0 bridgehead atoms. The molecule has 0 N–H and O–H groups in total. The molecule has 0 unspecified atom stereocenters. The fourth-order valence-corrected chi connectivity index (χ4v) is 5.11. The van der Waals surface area contributed by atoms with Crippen molar-refractivity contribution in [2.45, 2.75) is 24.3 Å². The Kier molecular flexibility index (Phi) is 6.23. The summed E-state index contributed by atoms with van der Waals surface area (Å²) >= 11 is 1.89. The average molecular weight is 397 g/mol. The molecule has 0 radical (unpaired) electrons. The van der Waals surface area contributed by atoms with Crippen LogP contribution in [0.15, 0.2) is 53.4 Å². The summed E-state index contributed by atoms with van der Waals surface area (Å²) in [5.74, 6) is 2.86. The minimum absolute atomic E-state index is 0.215. The zero-order valence-corrected chi connectivity index (χ0v) is 17.3. The van der Waals surface area contributed by atoms with Crippen LogP contribution in [0.5, 0.6) is 5.75 Å². The van der Waals surface area contributed by atoms with Gasteiger partial charge < -0.3 is 14.5 Å². The smallest absolute Gasteiger partial charge is 0.254 e. The number of nitrogens with zero attached hydrogens (tertiary/aromatic N) is 2. The number of thioether (sulfide) groups is 1. The number of piperidine rings is 1. The number of ether oxygens (including phenoxy) is 1. The number of amides is 1. The monoisotopic (exact) mass is 396 g/mol. The van der Waals surface area contributed by atoms with E-state index in [1.165, 1.54) is 23.3 Å². The quantitative estimate of drug-likeness (QED) is 0.658. The number of fused-ring (bicyclic) bond motifs is 1. The zero-order valence-electron chi connectivity index (χ0n) is 16.5. The third-order valence-electron chi connectivity index (χ3n) is 5.80. The Morgan fingerprint density at radius 2 is 1.93 bits per heavy atom. The largest absolute Gasteiger partial charge is 0.497 e. The van der Waals surface area contributed by atoms with Crippen LogP contribution in [0.25, 0.3) is 0 Å². The van der Waals surface area contributed by atoms with Crippen LogP contribution in [0, 0.1) is 5.92 Å². The number of carbonyl (C=O) groups excluding carboxylic acids is 1. The van der Waals surface area contributed by atoms with Gasteiger partial charge in [-0.3, -0.25) is 4.79 Å². The molecule has 28 heavy (non-hydrogen) atoms. The lowest BCUT2D eigenvalue weighted by Gasteiger charge is -2.33. The minimum Gasteiger partial charge on any atom is -0.497 e. The van der Waals surface area contributed by atoms with Gasteiger partial charge in [-0.25, -0.2) is 0 Å². The highest BCUT2D eigenvalue weighted by Gasteiger charge is 2.29. The van der Waals surface area contributed by atoms with Gasteiger partial charge in [0.25, 0.3) is 5.91 Å². The molecule has 0 atom stereocenters. The molecular weight excluding hydrogens is 368 g/mol. The van der Waals surface area contributed by atoms with Gasteiger partial charge >= 0.3 is 0 Å². The van der Waals surface area contributed by atoms with E-state index < -0.39 is 0 Å². The summed E-state index contributed by atoms with van der Waals surface area (Å²) in [6.45, 7) is 5.08. The molecule has 148 valence electrons. The third kappa shape index (κ3) is 4.53. The maximum atomic E-state index is 12.6. The van der Waals surface area contributed by atoms with Crippen molar-refractivity contribution in [3.8, 4) is 5.75 Å². The van der Waals surface area contributed by atoms with Gasteiger partial charge in [0.05, 0.1) is 7.11 Å². The van der Waals surface area contributed by atoms with Crippen molar-refractivity contribution in [3.05, 3.63) is 59.7 Å². The number of hydrogen-bond donors (Lipinski definition) is 0. The lowest BCUT2D eigenvalue weighted by atomic mass is 9.96.